The Bertz CT molecular complexity index is 982. The second-order valence-corrected chi connectivity index (χ2v) is 10.7. The first-order valence-corrected chi connectivity index (χ1v) is 14.7. The van der Waals surface area contributed by atoms with Crippen LogP contribution < -0.4 is 5.73 Å². The summed E-state index contributed by atoms with van der Waals surface area (Å²) in [5, 5.41) is 38.8. The van der Waals surface area contributed by atoms with Crippen LogP contribution in [0.3, 0.4) is 0 Å². The molecule has 0 saturated carbocycles. The highest BCUT2D eigenvalue weighted by atomic mass is 32.5. The molecule has 17 nitrogen and oxygen atoms in total. The molecule has 0 radical (unpaired) electrons. The number of rotatable bonds is 7. The number of imidazole rings is 1. The van der Waals surface area contributed by atoms with Crippen LogP contribution >= 0.6 is 26.3 Å². The monoisotopic (exact) mass is 601 g/mol. The van der Waals surface area contributed by atoms with Gasteiger partial charge in [-0.15, -0.1) is 0 Å². The van der Waals surface area contributed by atoms with Gasteiger partial charge in [0.2, 0.25) is 0 Å². The lowest BCUT2D eigenvalue weighted by atomic mass is 10.2. The summed E-state index contributed by atoms with van der Waals surface area (Å²) in [5.41, 5.74) is 6.58. The van der Waals surface area contributed by atoms with Gasteiger partial charge in [-0.1, -0.05) is 11.8 Å². The number of ether oxygens (including phenoxy) is 1. The van der Waals surface area contributed by atoms with E-state index >= 15 is 0 Å². The number of anilines is 1. The number of aliphatic hydroxyl groups is 5. The molecule has 3 heterocycles. The summed E-state index contributed by atoms with van der Waals surface area (Å²) in [4.78, 5) is 39.9. The maximum atomic E-state index is 11.6. The van der Waals surface area contributed by atoms with E-state index in [0.29, 0.717) is 16.3 Å². The third-order valence-corrected chi connectivity index (χ3v) is 6.98. The summed E-state index contributed by atoms with van der Waals surface area (Å²) in [7, 11) is -0.798. The van der Waals surface area contributed by atoms with E-state index in [2.05, 4.69) is 35.6 Å². The van der Waals surface area contributed by atoms with Gasteiger partial charge in [-0.05, 0) is 18.1 Å². The van der Waals surface area contributed by atoms with Crippen molar-refractivity contribution in [3.05, 3.63) is 6.33 Å². The molecule has 212 valence electrons. The SMILES string of the molecule is CO.CO.CO.CO.CSc1nc(N)c2ncn(C3O[C@H](COP(=O)(O)OP(O)(O)=S)CC3O)c2n1. The Morgan fingerprint density at radius 1 is 1.17 bits per heavy atom. The molecule has 0 bridgehead atoms. The average Bonchev–Trinajstić information content (AvgIpc) is 3.44. The van der Waals surface area contributed by atoms with Gasteiger partial charge < -0.3 is 50.7 Å². The minimum atomic E-state index is -4.80. The Balaban J connectivity index is 0. The maximum absolute atomic E-state index is 11.6. The Kier molecular flexibility index (Phi) is 19.1. The fourth-order valence-electron chi connectivity index (χ4n) is 2.62. The number of aromatic nitrogens is 4. The topological polar surface area (TPSA) is 276 Å². The summed E-state index contributed by atoms with van der Waals surface area (Å²) < 4.78 is 27.5. The Morgan fingerprint density at radius 2 is 1.72 bits per heavy atom. The van der Waals surface area contributed by atoms with Crippen molar-refractivity contribution in [2.24, 2.45) is 0 Å². The number of fused-ring (bicyclic) bond motifs is 1. The zero-order valence-corrected chi connectivity index (χ0v) is 23.4. The van der Waals surface area contributed by atoms with Gasteiger partial charge in [0.05, 0.1) is 19.0 Å². The smallest absolute Gasteiger partial charge is 0.400 e. The van der Waals surface area contributed by atoms with Crippen molar-refractivity contribution >= 4 is 55.1 Å². The zero-order valence-electron chi connectivity index (χ0n) is 20.0. The van der Waals surface area contributed by atoms with E-state index in [-0.39, 0.29) is 12.2 Å². The van der Waals surface area contributed by atoms with Gasteiger partial charge in [-0.3, -0.25) is 9.09 Å². The van der Waals surface area contributed by atoms with Gasteiger partial charge in [-0.25, -0.2) is 23.8 Å². The molecule has 0 aromatic carbocycles. The molecule has 2 aromatic heterocycles. The van der Waals surface area contributed by atoms with E-state index in [1.165, 1.54) is 22.7 Å². The Morgan fingerprint density at radius 3 is 2.22 bits per heavy atom. The van der Waals surface area contributed by atoms with Crippen LogP contribution in [-0.2, 0) is 29.9 Å². The number of thioether (sulfide) groups is 1. The molecule has 1 saturated heterocycles. The van der Waals surface area contributed by atoms with Gasteiger partial charge in [-0.2, -0.15) is 0 Å². The predicted octanol–water partition coefficient (Wildman–Crippen LogP) is -1.44. The van der Waals surface area contributed by atoms with Gasteiger partial charge in [0.25, 0.3) is 0 Å². The molecule has 10 N–H and O–H groups in total. The van der Waals surface area contributed by atoms with Gasteiger partial charge in [0.15, 0.2) is 22.8 Å². The molecule has 3 rings (SSSR count). The highest BCUT2D eigenvalue weighted by Crippen LogP contribution is 2.58. The lowest BCUT2D eigenvalue weighted by Gasteiger charge is -2.18. The first-order valence-electron chi connectivity index (χ1n) is 9.40. The van der Waals surface area contributed by atoms with E-state index in [1.807, 2.05) is 0 Å². The quantitative estimate of drug-likeness (QED) is 0.0997. The molecular weight excluding hydrogens is 568 g/mol. The van der Waals surface area contributed by atoms with Crippen molar-refractivity contribution in [3.63, 3.8) is 0 Å². The number of phosphoric acid groups is 1. The Labute approximate surface area is 216 Å². The summed E-state index contributed by atoms with van der Waals surface area (Å²) in [6.45, 7) is -4.85. The van der Waals surface area contributed by atoms with Crippen LogP contribution in [-0.4, -0.2) is 113 Å². The second-order valence-electron chi connectivity index (χ2n) is 5.71. The normalized spacial score (nSPS) is 20.3. The molecule has 0 aliphatic carbocycles. The molecule has 36 heavy (non-hydrogen) atoms. The Hall–Kier alpha value is -0.860. The number of nitrogens with two attached hydrogens (primary N) is 1. The van der Waals surface area contributed by atoms with Crippen molar-refractivity contribution in [3.8, 4) is 0 Å². The molecule has 2 aromatic rings. The molecule has 1 aliphatic heterocycles. The zero-order chi connectivity index (χ0) is 28.7. The van der Waals surface area contributed by atoms with Crippen LogP contribution in [0.5, 0.6) is 0 Å². The number of phosphoric ester groups is 1. The summed E-state index contributed by atoms with van der Waals surface area (Å²) in [6.07, 6.45) is 0.541. The van der Waals surface area contributed by atoms with Crippen LogP contribution in [0.2, 0.25) is 0 Å². The van der Waals surface area contributed by atoms with Gasteiger partial charge >= 0.3 is 14.5 Å². The highest BCUT2D eigenvalue weighted by Gasteiger charge is 2.39. The van der Waals surface area contributed by atoms with Crippen molar-refractivity contribution in [2.75, 3.05) is 47.0 Å². The largest absolute Gasteiger partial charge is 0.479 e. The van der Waals surface area contributed by atoms with Crippen molar-refractivity contribution in [2.45, 2.75) is 30.0 Å². The number of nitrogens with zero attached hydrogens (tertiary/aromatic N) is 4. The molecule has 4 atom stereocenters. The standard InChI is InChI=1S/C11H17N5O8P2S2.4CH4O/c1-28-11-14-8(12)7-9(15-11)16(4-13-7)10-6(17)2-5(23-10)3-22-25(18,19)24-26(20,21)27;4*1-2/h4-6,10,17H,2-3H2,1H3,(H,18,19)(H2,12,14,15)(H2,20,21,27);4*2H,1H3/t5-,6?,10?;;;;/m0..../s1. The number of hydrogen-bond acceptors (Lipinski definition) is 15. The lowest BCUT2D eigenvalue weighted by molar-refractivity contribution is -0.0480. The van der Waals surface area contributed by atoms with E-state index in [4.69, 9.17) is 40.7 Å². The number of hydrogen-bond donors (Lipinski definition) is 9. The summed E-state index contributed by atoms with van der Waals surface area (Å²) >= 11 is 5.41. The van der Waals surface area contributed by atoms with Gasteiger partial charge in [0, 0.05) is 34.9 Å². The van der Waals surface area contributed by atoms with E-state index in [9.17, 15) is 14.6 Å². The van der Waals surface area contributed by atoms with Crippen LogP contribution in [0.1, 0.15) is 12.6 Å². The van der Waals surface area contributed by atoms with E-state index in [0.717, 1.165) is 28.4 Å². The predicted molar refractivity (Wildman–Crippen MR) is 134 cm³/mol. The number of nitrogen functional groups attached to an aromatic ring is 1. The highest BCUT2D eigenvalue weighted by molar-refractivity contribution is 8.08. The van der Waals surface area contributed by atoms with Crippen molar-refractivity contribution in [1.82, 2.24) is 19.5 Å². The van der Waals surface area contributed by atoms with Crippen LogP contribution in [0, 0.1) is 0 Å². The fraction of sp³-hybridized carbons (Fsp3) is 0.667. The molecule has 0 amide bonds. The summed E-state index contributed by atoms with van der Waals surface area (Å²) in [5.74, 6) is 0.183. The fourth-order valence-corrected chi connectivity index (χ4v) is 5.36. The van der Waals surface area contributed by atoms with Crippen LogP contribution in [0.25, 0.3) is 11.2 Å². The van der Waals surface area contributed by atoms with Crippen LogP contribution in [0.4, 0.5) is 5.82 Å². The minimum Gasteiger partial charge on any atom is -0.400 e. The lowest BCUT2D eigenvalue weighted by Crippen LogP contribution is -2.19. The third kappa shape index (κ3) is 11.7. The molecular formula is C15H33N5O12P2S2. The van der Waals surface area contributed by atoms with E-state index < -0.39 is 39.6 Å². The number of aliphatic hydroxyl groups excluding tert-OH is 5. The van der Waals surface area contributed by atoms with E-state index in [1.54, 1.807) is 6.26 Å². The maximum Gasteiger partial charge on any atom is 0.479 e. The minimum absolute atomic E-state index is 0.0622. The molecule has 0 spiro atoms. The third-order valence-electron chi connectivity index (χ3n) is 3.68. The molecule has 3 unspecified atom stereocenters. The molecule has 1 aliphatic rings. The first kappa shape index (κ1) is 37.3. The van der Waals surface area contributed by atoms with Crippen LogP contribution in [0.15, 0.2) is 11.5 Å². The molecule has 1 fully saturated rings. The average molecular weight is 602 g/mol. The van der Waals surface area contributed by atoms with Gasteiger partial charge in [0.1, 0.15) is 11.6 Å². The van der Waals surface area contributed by atoms with Crippen molar-refractivity contribution in [1.29, 1.82) is 0 Å². The first-order chi connectivity index (χ1) is 17.0. The van der Waals surface area contributed by atoms with Crippen molar-refractivity contribution < 1.29 is 58.3 Å². The summed E-state index contributed by atoms with van der Waals surface area (Å²) in [6, 6.07) is 0. The molecule has 21 heteroatoms. The second kappa shape index (κ2) is 18.4.